The number of hydrogen-bond acceptors (Lipinski definition) is 3. The quantitative estimate of drug-likeness (QED) is 0.460. The number of fused-ring (bicyclic) bond motifs is 3. The third-order valence-electron chi connectivity index (χ3n) is 8.83. The van der Waals surface area contributed by atoms with E-state index in [1.165, 1.54) is 0 Å². The van der Waals surface area contributed by atoms with E-state index in [1.54, 1.807) is 6.07 Å². The summed E-state index contributed by atoms with van der Waals surface area (Å²) in [6, 6.07) is 10.0. The lowest BCUT2D eigenvalue weighted by atomic mass is 9.77. The smallest absolute Gasteiger partial charge is 0.306 e. The Balaban J connectivity index is 1.45. The number of carboxylic acids is 1. The van der Waals surface area contributed by atoms with E-state index < -0.39 is 12.4 Å². The molecule has 2 aromatic rings. The molecule has 0 spiro atoms. The summed E-state index contributed by atoms with van der Waals surface area (Å²) in [5.74, 6) is 0.0147. The van der Waals surface area contributed by atoms with E-state index in [9.17, 15) is 18.7 Å². The number of halogens is 2. The first-order valence-corrected chi connectivity index (χ1v) is 13.3. The Morgan fingerprint density at radius 2 is 1.69 bits per heavy atom. The molecule has 1 aliphatic carbocycles. The molecule has 2 saturated heterocycles. The highest BCUT2D eigenvalue weighted by Gasteiger charge is 2.42. The second-order valence-corrected chi connectivity index (χ2v) is 11.1. The maximum Gasteiger partial charge on any atom is 0.306 e. The zero-order valence-electron chi connectivity index (χ0n) is 20.8. The van der Waals surface area contributed by atoms with Gasteiger partial charge >= 0.3 is 5.97 Å². The number of rotatable bonds is 6. The highest BCUT2D eigenvalue weighted by molar-refractivity contribution is 5.88. The van der Waals surface area contributed by atoms with Gasteiger partial charge in [-0.25, -0.2) is 8.78 Å². The highest BCUT2D eigenvalue weighted by atomic mass is 19.3. The van der Waals surface area contributed by atoms with Crippen LogP contribution < -0.4 is 4.74 Å². The maximum atomic E-state index is 14.4. The number of nitrogens with zero attached hydrogens (tertiary/aromatic N) is 1. The predicted octanol–water partition coefficient (Wildman–Crippen LogP) is 7.51. The van der Waals surface area contributed by atoms with Crippen LogP contribution in [0.1, 0.15) is 95.2 Å². The number of hydrogen-bond donors (Lipinski definition) is 1. The lowest BCUT2D eigenvalue weighted by molar-refractivity contribution is -0.147. The molecule has 2 heterocycles. The van der Waals surface area contributed by atoms with Crippen LogP contribution in [0, 0.1) is 11.8 Å². The molecule has 6 heteroatoms. The Bertz CT molecular complexity index is 1050. The van der Waals surface area contributed by atoms with Crippen LogP contribution in [-0.4, -0.2) is 34.2 Å². The van der Waals surface area contributed by atoms with Crippen molar-refractivity contribution in [3.63, 3.8) is 0 Å². The number of aliphatic carboxylic acids is 1. The van der Waals surface area contributed by atoms with Crippen LogP contribution in [0.3, 0.4) is 0 Å². The Hall–Kier alpha value is -2.21. The lowest BCUT2D eigenvalue weighted by Gasteiger charge is -2.51. The average molecular weight is 486 g/mol. The maximum absolute atomic E-state index is 14.4. The molecule has 3 aliphatic rings. The van der Waals surface area contributed by atoms with E-state index in [-0.39, 0.29) is 35.7 Å². The average Bonchev–Trinajstić information content (AvgIpc) is 2.83. The number of carbonyl (C=O) groups is 1. The Morgan fingerprint density at radius 1 is 1.03 bits per heavy atom. The zero-order valence-corrected chi connectivity index (χ0v) is 20.8. The van der Waals surface area contributed by atoms with Gasteiger partial charge in [0.05, 0.1) is 17.6 Å². The van der Waals surface area contributed by atoms with Crippen LogP contribution in [-0.2, 0) is 4.79 Å². The van der Waals surface area contributed by atoms with Crippen molar-refractivity contribution >= 4 is 16.7 Å². The summed E-state index contributed by atoms with van der Waals surface area (Å²) in [6.45, 7) is 4.37. The van der Waals surface area contributed by atoms with Crippen LogP contribution in [0.15, 0.2) is 30.3 Å². The van der Waals surface area contributed by atoms with Crippen molar-refractivity contribution in [3.8, 4) is 5.75 Å². The lowest BCUT2D eigenvalue weighted by Crippen LogP contribution is -2.53. The number of carboxylic acid groups (broad SMARTS) is 1. The van der Waals surface area contributed by atoms with Crippen LogP contribution >= 0.6 is 0 Å². The zero-order chi connectivity index (χ0) is 24.7. The topological polar surface area (TPSA) is 49.8 Å². The second-order valence-electron chi connectivity index (χ2n) is 11.1. The van der Waals surface area contributed by atoms with Gasteiger partial charge in [-0.15, -0.1) is 0 Å². The van der Waals surface area contributed by atoms with Gasteiger partial charge in [0.25, 0.3) is 6.43 Å². The standard InChI is InChI=1S/C29H37F2NO3/c1-17-6-11-24(12-7-17)35-26-13-10-19-8-9-20(16-25(19)27(26)28(30)31)18(2)32-22-4-3-5-23(32)15-21(14-22)29(33)34/h8-10,13,16-18,21-24,28H,3-7,11-12,14-15H2,1-2H3,(H,33,34)/t17-,18?,21?,22?,23?,24+. The third kappa shape index (κ3) is 4.91. The third-order valence-corrected chi connectivity index (χ3v) is 8.83. The molecule has 190 valence electrons. The summed E-state index contributed by atoms with van der Waals surface area (Å²) in [4.78, 5) is 14.1. The van der Waals surface area contributed by atoms with Crippen LogP contribution in [0.4, 0.5) is 8.78 Å². The fourth-order valence-corrected chi connectivity index (χ4v) is 6.88. The van der Waals surface area contributed by atoms with Crippen molar-refractivity contribution < 1.29 is 23.4 Å². The van der Waals surface area contributed by atoms with Gasteiger partial charge in [-0.2, -0.15) is 0 Å². The van der Waals surface area contributed by atoms with E-state index in [2.05, 4.69) is 18.7 Å². The monoisotopic (exact) mass is 485 g/mol. The van der Waals surface area contributed by atoms with Crippen molar-refractivity contribution in [2.45, 2.75) is 102 Å². The SMILES string of the molecule is CC(c1ccc2ccc(O[C@H]3CC[C@@H](C)CC3)c(C(F)F)c2c1)N1C2CCCC1CC(C(=O)O)C2. The molecule has 0 amide bonds. The Kier molecular flexibility index (Phi) is 7.02. The number of alkyl halides is 2. The van der Waals surface area contributed by atoms with Crippen molar-refractivity contribution in [2.75, 3.05) is 0 Å². The molecule has 3 atom stereocenters. The van der Waals surface area contributed by atoms with E-state index in [4.69, 9.17) is 4.74 Å². The van der Waals surface area contributed by atoms with Gasteiger partial charge in [0.1, 0.15) is 5.75 Å². The summed E-state index contributed by atoms with van der Waals surface area (Å²) in [5, 5.41) is 11.0. The van der Waals surface area contributed by atoms with Crippen LogP contribution in [0.2, 0.25) is 0 Å². The highest BCUT2D eigenvalue weighted by Crippen LogP contribution is 2.44. The molecule has 2 aromatic carbocycles. The molecule has 0 radical (unpaired) electrons. The fourth-order valence-electron chi connectivity index (χ4n) is 6.88. The van der Waals surface area contributed by atoms with Gasteiger partial charge < -0.3 is 9.84 Å². The largest absolute Gasteiger partial charge is 0.490 e. The normalized spacial score (nSPS) is 30.4. The summed E-state index contributed by atoms with van der Waals surface area (Å²) in [5.41, 5.74) is 1.01. The van der Waals surface area contributed by atoms with Crippen LogP contribution in [0.25, 0.3) is 10.8 Å². The predicted molar refractivity (Wildman–Crippen MR) is 133 cm³/mol. The van der Waals surface area contributed by atoms with Gasteiger partial charge in [0.2, 0.25) is 0 Å². The van der Waals surface area contributed by atoms with Crippen molar-refractivity contribution in [1.82, 2.24) is 4.90 Å². The second kappa shape index (κ2) is 10.0. The number of ether oxygens (including phenoxy) is 1. The summed E-state index contributed by atoms with van der Waals surface area (Å²) in [7, 11) is 0. The minimum Gasteiger partial charge on any atom is -0.490 e. The van der Waals surface area contributed by atoms with Crippen molar-refractivity contribution in [3.05, 3.63) is 41.5 Å². The molecule has 1 saturated carbocycles. The van der Waals surface area contributed by atoms with E-state index in [0.29, 0.717) is 29.9 Å². The van der Waals surface area contributed by atoms with Crippen molar-refractivity contribution in [1.29, 1.82) is 0 Å². The minimum absolute atomic E-state index is 0.0000449. The van der Waals surface area contributed by atoms with Gasteiger partial charge in [-0.1, -0.05) is 31.5 Å². The molecule has 2 bridgehead atoms. The molecule has 3 fully saturated rings. The van der Waals surface area contributed by atoms with Gasteiger partial charge in [0.15, 0.2) is 0 Å². The van der Waals surface area contributed by atoms with Gasteiger partial charge in [-0.3, -0.25) is 9.69 Å². The first-order valence-electron chi connectivity index (χ1n) is 13.3. The number of benzene rings is 2. The molecule has 0 aromatic heterocycles. The van der Waals surface area contributed by atoms with E-state index >= 15 is 0 Å². The summed E-state index contributed by atoms with van der Waals surface area (Å²) in [6.07, 6.45) is 5.81. The first kappa shape index (κ1) is 24.5. The Labute approximate surface area is 206 Å². The van der Waals surface area contributed by atoms with Gasteiger partial charge in [0, 0.05) is 18.1 Å². The summed E-state index contributed by atoms with van der Waals surface area (Å²) >= 11 is 0. The fraction of sp³-hybridized carbons (Fsp3) is 0.621. The molecular weight excluding hydrogens is 448 g/mol. The Morgan fingerprint density at radius 3 is 2.31 bits per heavy atom. The molecule has 2 aliphatic heterocycles. The van der Waals surface area contributed by atoms with Gasteiger partial charge in [-0.05, 0) is 92.7 Å². The molecule has 3 unspecified atom stereocenters. The van der Waals surface area contributed by atoms with E-state index in [1.807, 2.05) is 24.3 Å². The number of piperidine rings is 2. The molecule has 4 nitrogen and oxygen atoms in total. The molecular formula is C29H37F2NO3. The van der Waals surface area contributed by atoms with Crippen molar-refractivity contribution in [2.24, 2.45) is 11.8 Å². The molecule has 35 heavy (non-hydrogen) atoms. The minimum atomic E-state index is -2.62. The molecule has 1 N–H and O–H groups in total. The summed E-state index contributed by atoms with van der Waals surface area (Å²) < 4.78 is 35.0. The molecule has 5 rings (SSSR count). The first-order chi connectivity index (χ1) is 16.8. The van der Waals surface area contributed by atoms with E-state index in [0.717, 1.165) is 55.9 Å². The van der Waals surface area contributed by atoms with Crippen LogP contribution in [0.5, 0.6) is 5.75 Å².